The molecule has 0 bridgehead atoms. The van der Waals surface area contributed by atoms with Gasteiger partial charge in [-0.15, -0.1) is 0 Å². The molecule has 0 N–H and O–H groups in total. The van der Waals surface area contributed by atoms with E-state index < -0.39 is 5.95 Å². The van der Waals surface area contributed by atoms with Gasteiger partial charge in [-0.1, -0.05) is 30.0 Å². The molecule has 0 aliphatic carbocycles. The molecular formula is C10H7FN2S. The first-order valence-corrected chi connectivity index (χ1v) is 4.87. The summed E-state index contributed by atoms with van der Waals surface area (Å²) in [6.45, 7) is 0. The second-order valence-corrected chi connectivity index (χ2v) is 3.63. The molecule has 0 unspecified atom stereocenters. The van der Waals surface area contributed by atoms with Gasteiger partial charge in [0.1, 0.15) is 0 Å². The number of nitrogens with zero attached hydrogens (tertiary/aromatic N) is 2. The van der Waals surface area contributed by atoms with Crippen molar-refractivity contribution in [1.29, 1.82) is 0 Å². The monoisotopic (exact) mass is 206 g/mol. The van der Waals surface area contributed by atoms with Crippen molar-refractivity contribution >= 4 is 11.8 Å². The Balaban J connectivity index is 2.24. The fourth-order valence-corrected chi connectivity index (χ4v) is 1.74. The zero-order chi connectivity index (χ0) is 9.80. The summed E-state index contributed by atoms with van der Waals surface area (Å²) in [7, 11) is 0. The molecule has 2 rings (SSSR count). The fraction of sp³-hybridized carbons (Fsp3) is 0. The third-order valence-corrected chi connectivity index (χ3v) is 2.56. The van der Waals surface area contributed by atoms with E-state index in [0.717, 1.165) is 4.90 Å². The van der Waals surface area contributed by atoms with Gasteiger partial charge in [-0.3, -0.25) is 0 Å². The van der Waals surface area contributed by atoms with Crippen molar-refractivity contribution in [2.75, 3.05) is 0 Å². The van der Waals surface area contributed by atoms with Crippen LogP contribution in [0.5, 0.6) is 0 Å². The van der Waals surface area contributed by atoms with Crippen molar-refractivity contribution in [2.24, 2.45) is 0 Å². The number of aromatic nitrogens is 2. The maximum absolute atomic E-state index is 13.1. The van der Waals surface area contributed by atoms with Crippen molar-refractivity contribution in [3.8, 4) is 0 Å². The summed E-state index contributed by atoms with van der Waals surface area (Å²) in [6, 6.07) is 9.52. The average molecular weight is 206 g/mol. The number of halogens is 1. The van der Waals surface area contributed by atoms with E-state index in [1.807, 2.05) is 30.3 Å². The minimum Gasteiger partial charge on any atom is -0.243 e. The molecule has 0 amide bonds. The van der Waals surface area contributed by atoms with Crippen molar-refractivity contribution in [3.63, 3.8) is 0 Å². The van der Waals surface area contributed by atoms with Gasteiger partial charge in [0.2, 0.25) is 5.95 Å². The summed E-state index contributed by atoms with van der Waals surface area (Å²) in [4.78, 5) is 8.38. The Bertz CT molecular complexity index is 419. The van der Waals surface area contributed by atoms with Gasteiger partial charge in [0.25, 0.3) is 0 Å². The molecule has 0 radical (unpaired) electrons. The third kappa shape index (κ3) is 2.09. The maximum atomic E-state index is 13.1. The molecule has 14 heavy (non-hydrogen) atoms. The van der Waals surface area contributed by atoms with Crippen molar-refractivity contribution in [3.05, 3.63) is 48.7 Å². The Morgan fingerprint density at radius 1 is 1.00 bits per heavy atom. The highest BCUT2D eigenvalue weighted by atomic mass is 32.2. The average Bonchev–Trinajstić information content (AvgIpc) is 2.23. The molecule has 0 aliphatic rings. The summed E-state index contributed by atoms with van der Waals surface area (Å²) in [5, 5.41) is 0.304. The van der Waals surface area contributed by atoms with Crippen LogP contribution in [0.25, 0.3) is 0 Å². The van der Waals surface area contributed by atoms with E-state index in [9.17, 15) is 4.39 Å². The quantitative estimate of drug-likeness (QED) is 0.755. The first kappa shape index (κ1) is 9.15. The minimum atomic E-state index is -0.527. The molecule has 0 atom stereocenters. The lowest BCUT2D eigenvalue weighted by molar-refractivity contribution is 0.542. The molecule has 0 aliphatic heterocycles. The van der Waals surface area contributed by atoms with Crippen LogP contribution in [0, 0.1) is 5.95 Å². The fourth-order valence-electron chi connectivity index (χ4n) is 0.977. The van der Waals surface area contributed by atoms with E-state index in [4.69, 9.17) is 0 Å². The summed E-state index contributed by atoms with van der Waals surface area (Å²) in [5.74, 6) is -0.527. The summed E-state index contributed by atoms with van der Waals surface area (Å²) >= 11 is 1.27. The Labute approximate surface area is 85.2 Å². The van der Waals surface area contributed by atoms with Crippen molar-refractivity contribution < 1.29 is 4.39 Å². The van der Waals surface area contributed by atoms with Crippen LogP contribution in [0.4, 0.5) is 4.39 Å². The van der Waals surface area contributed by atoms with Gasteiger partial charge in [0.05, 0.1) is 0 Å². The minimum absolute atomic E-state index is 0.304. The first-order chi connectivity index (χ1) is 6.86. The largest absolute Gasteiger partial charge is 0.245 e. The van der Waals surface area contributed by atoms with Crippen LogP contribution in [-0.2, 0) is 0 Å². The van der Waals surface area contributed by atoms with Gasteiger partial charge in [0, 0.05) is 17.3 Å². The lowest BCUT2D eigenvalue weighted by Crippen LogP contribution is -1.88. The van der Waals surface area contributed by atoms with Crippen LogP contribution >= 0.6 is 11.8 Å². The zero-order valence-electron chi connectivity index (χ0n) is 7.22. The standard InChI is InChI=1S/C10H7FN2S/c11-9-10(13-7-6-12-9)14-8-4-2-1-3-5-8/h1-7H. The van der Waals surface area contributed by atoms with Crippen molar-refractivity contribution in [1.82, 2.24) is 9.97 Å². The highest BCUT2D eigenvalue weighted by molar-refractivity contribution is 7.99. The molecular weight excluding hydrogens is 199 g/mol. The molecule has 0 spiro atoms. The van der Waals surface area contributed by atoms with Crippen molar-refractivity contribution in [2.45, 2.75) is 9.92 Å². The van der Waals surface area contributed by atoms with Gasteiger partial charge < -0.3 is 0 Å². The van der Waals surface area contributed by atoms with Crippen LogP contribution in [0.2, 0.25) is 0 Å². The van der Waals surface area contributed by atoms with E-state index in [-0.39, 0.29) is 0 Å². The molecule has 0 saturated carbocycles. The van der Waals surface area contributed by atoms with Crippen LogP contribution < -0.4 is 0 Å². The molecule has 2 nitrogen and oxygen atoms in total. The van der Waals surface area contributed by atoms with E-state index in [0.29, 0.717) is 5.03 Å². The number of hydrogen-bond acceptors (Lipinski definition) is 3. The number of hydrogen-bond donors (Lipinski definition) is 0. The molecule has 1 aromatic heterocycles. The van der Waals surface area contributed by atoms with Gasteiger partial charge in [-0.25, -0.2) is 9.97 Å². The maximum Gasteiger partial charge on any atom is 0.245 e. The van der Waals surface area contributed by atoms with Crippen LogP contribution in [0.15, 0.2) is 52.6 Å². The molecule has 1 aromatic carbocycles. The SMILES string of the molecule is Fc1nccnc1Sc1ccccc1. The summed E-state index contributed by atoms with van der Waals surface area (Å²) < 4.78 is 13.1. The second-order valence-electron chi connectivity index (χ2n) is 2.57. The Kier molecular flexibility index (Phi) is 2.74. The smallest absolute Gasteiger partial charge is 0.243 e. The topological polar surface area (TPSA) is 25.8 Å². The predicted octanol–water partition coefficient (Wildman–Crippen LogP) is 2.77. The van der Waals surface area contributed by atoms with Crippen LogP contribution in [0.3, 0.4) is 0 Å². The predicted molar refractivity (Wildman–Crippen MR) is 52.6 cm³/mol. The van der Waals surface area contributed by atoms with Gasteiger partial charge >= 0.3 is 0 Å². The van der Waals surface area contributed by atoms with E-state index >= 15 is 0 Å². The molecule has 4 heteroatoms. The normalized spacial score (nSPS) is 10.1. The lowest BCUT2D eigenvalue weighted by Gasteiger charge is -1.99. The van der Waals surface area contributed by atoms with Crippen LogP contribution in [0.1, 0.15) is 0 Å². The summed E-state index contributed by atoms with van der Waals surface area (Å²) in [5.41, 5.74) is 0. The molecule has 2 aromatic rings. The highest BCUT2D eigenvalue weighted by Gasteiger charge is 2.04. The summed E-state index contributed by atoms with van der Waals surface area (Å²) in [6.07, 6.45) is 2.82. The van der Waals surface area contributed by atoms with Gasteiger partial charge in [-0.2, -0.15) is 4.39 Å². The highest BCUT2D eigenvalue weighted by Crippen LogP contribution is 2.26. The van der Waals surface area contributed by atoms with Gasteiger partial charge in [0.15, 0.2) is 5.03 Å². The number of benzene rings is 1. The van der Waals surface area contributed by atoms with E-state index in [1.165, 1.54) is 24.2 Å². The first-order valence-electron chi connectivity index (χ1n) is 4.05. The second kappa shape index (κ2) is 4.19. The molecule has 0 saturated heterocycles. The Hall–Kier alpha value is -1.42. The number of rotatable bonds is 2. The molecule has 1 heterocycles. The third-order valence-electron chi connectivity index (χ3n) is 1.58. The zero-order valence-corrected chi connectivity index (χ0v) is 8.04. The lowest BCUT2D eigenvalue weighted by atomic mass is 10.4. The molecule has 70 valence electrons. The Morgan fingerprint density at radius 3 is 2.43 bits per heavy atom. The van der Waals surface area contributed by atoms with E-state index in [2.05, 4.69) is 9.97 Å². The Morgan fingerprint density at radius 2 is 1.71 bits per heavy atom. The molecule has 0 fully saturated rings. The van der Waals surface area contributed by atoms with E-state index in [1.54, 1.807) is 0 Å². The van der Waals surface area contributed by atoms with Gasteiger partial charge in [-0.05, 0) is 12.1 Å². The van der Waals surface area contributed by atoms with Crippen LogP contribution in [-0.4, -0.2) is 9.97 Å².